The summed E-state index contributed by atoms with van der Waals surface area (Å²) in [4.78, 5) is 24.8. The molecule has 1 saturated heterocycles. The van der Waals surface area contributed by atoms with Gasteiger partial charge in [-0.15, -0.1) is 0 Å². The summed E-state index contributed by atoms with van der Waals surface area (Å²) in [5, 5.41) is 5.31. The van der Waals surface area contributed by atoms with Crippen LogP contribution in [0.5, 0.6) is 5.75 Å². The van der Waals surface area contributed by atoms with Gasteiger partial charge >= 0.3 is 0 Å². The number of para-hydroxylation sites is 1. The molecule has 1 aliphatic heterocycles. The zero-order valence-corrected chi connectivity index (χ0v) is 18.2. The molecular formula is C21H25N3O6S. The Morgan fingerprint density at radius 2 is 1.84 bits per heavy atom. The van der Waals surface area contributed by atoms with E-state index in [4.69, 9.17) is 9.47 Å². The first-order valence-electron chi connectivity index (χ1n) is 9.72. The van der Waals surface area contributed by atoms with E-state index in [9.17, 15) is 18.0 Å². The van der Waals surface area contributed by atoms with Crippen molar-refractivity contribution in [3.8, 4) is 5.75 Å². The third-order valence-electron chi connectivity index (χ3n) is 4.92. The second-order valence-electron chi connectivity index (χ2n) is 6.84. The van der Waals surface area contributed by atoms with Crippen molar-refractivity contribution in [2.45, 2.75) is 11.3 Å². The van der Waals surface area contributed by atoms with E-state index in [2.05, 4.69) is 10.6 Å². The number of benzene rings is 2. The fraction of sp³-hybridized carbons (Fsp3) is 0.333. The molecule has 1 heterocycles. The minimum absolute atomic E-state index is 0.000930. The summed E-state index contributed by atoms with van der Waals surface area (Å²) >= 11 is 0. The van der Waals surface area contributed by atoms with Crippen molar-refractivity contribution >= 4 is 27.5 Å². The minimum atomic E-state index is -3.78. The number of nitrogens with zero attached hydrogens (tertiary/aromatic N) is 1. The monoisotopic (exact) mass is 447 g/mol. The summed E-state index contributed by atoms with van der Waals surface area (Å²) in [6.07, 6.45) is 0.0928. The predicted octanol–water partition coefficient (Wildman–Crippen LogP) is 1.26. The third-order valence-corrected chi connectivity index (χ3v) is 6.81. The highest BCUT2D eigenvalue weighted by Crippen LogP contribution is 2.27. The van der Waals surface area contributed by atoms with Gasteiger partial charge in [0, 0.05) is 25.8 Å². The molecule has 10 heteroatoms. The topological polar surface area (TPSA) is 114 Å². The van der Waals surface area contributed by atoms with Gasteiger partial charge in [-0.05, 0) is 29.8 Å². The number of nitrogens with one attached hydrogen (secondary N) is 2. The molecule has 0 spiro atoms. The number of rotatable bonds is 7. The minimum Gasteiger partial charge on any atom is -0.496 e. The molecule has 166 valence electrons. The van der Waals surface area contributed by atoms with Crippen LogP contribution in [0, 0.1) is 0 Å². The number of hydrogen-bond donors (Lipinski definition) is 2. The van der Waals surface area contributed by atoms with Gasteiger partial charge in [-0.1, -0.05) is 18.2 Å². The number of hydrogen-bond acceptors (Lipinski definition) is 6. The Kier molecular flexibility index (Phi) is 7.26. The van der Waals surface area contributed by atoms with Crippen LogP contribution >= 0.6 is 0 Å². The number of sulfonamides is 1. The normalized spacial score (nSPS) is 14.6. The van der Waals surface area contributed by atoms with Gasteiger partial charge in [0.05, 0.1) is 37.2 Å². The zero-order valence-electron chi connectivity index (χ0n) is 17.4. The average molecular weight is 448 g/mol. The SMILES string of the molecule is CNC(=O)Cc1ccccc1NC(=O)c1cc(S(=O)(=O)N2CCOCC2)ccc1OC. The van der Waals surface area contributed by atoms with Crippen molar-refractivity contribution in [1.29, 1.82) is 0 Å². The van der Waals surface area contributed by atoms with Crippen LogP contribution in [0.4, 0.5) is 5.69 Å². The fourth-order valence-corrected chi connectivity index (χ4v) is 4.64. The van der Waals surface area contributed by atoms with Gasteiger partial charge < -0.3 is 20.1 Å². The van der Waals surface area contributed by atoms with Crippen LogP contribution in [-0.2, 0) is 26.0 Å². The molecule has 0 bridgehead atoms. The van der Waals surface area contributed by atoms with E-state index < -0.39 is 15.9 Å². The lowest BCUT2D eigenvalue weighted by atomic mass is 10.1. The molecule has 0 aliphatic carbocycles. The molecule has 2 aromatic rings. The first kappa shape index (κ1) is 22.7. The predicted molar refractivity (Wildman–Crippen MR) is 115 cm³/mol. The largest absolute Gasteiger partial charge is 0.496 e. The van der Waals surface area contributed by atoms with E-state index in [0.29, 0.717) is 24.5 Å². The summed E-state index contributed by atoms with van der Waals surface area (Å²) in [5.41, 5.74) is 1.16. The average Bonchev–Trinajstić information content (AvgIpc) is 2.80. The Balaban J connectivity index is 1.91. The Bertz CT molecular complexity index is 1060. The number of likely N-dealkylation sites (N-methyl/N-ethyl adjacent to an activating group) is 1. The van der Waals surface area contributed by atoms with Crippen molar-refractivity contribution in [3.63, 3.8) is 0 Å². The van der Waals surface area contributed by atoms with Gasteiger partial charge in [-0.3, -0.25) is 9.59 Å². The molecule has 2 amide bonds. The highest BCUT2D eigenvalue weighted by Gasteiger charge is 2.28. The number of anilines is 1. The van der Waals surface area contributed by atoms with Gasteiger partial charge in [-0.2, -0.15) is 4.31 Å². The van der Waals surface area contributed by atoms with Crippen molar-refractivity contribution in [2.75, 3.05) is 45.8 Å². The molecule has 0 atom stereocenters. The summed E-state index contributed by atoms with van der Waals surface area (Å²) < 4.78 is 37.8. The molecule has 3 rings (SSSR count). The van der Waals surface area contributed by atoms with E-state index in [1.165, 1.54) is 36.7 Å². The third kappa shape index (κ3) is 5.22. The van der Waals surface area contributed by atoms with E-state index in [0.717, 1.165) is 0 Å². The second kappa shape index (κ2) is 9.90. The second-order valence-corrected chi connectivity index (χ2v) is 8.78. The zero-order chi connectivity index (χ0) is 22.4. The first-order valence-corrected chi connectivity index (χ1v) is 11.2. The highest BCUT2D eigenvalue weighted by molar-refractivity contribution is 7.89. The maximum atomic E-state index is 13.0. The van der Waals surface area contributed by atoms with Crippen LogP contribution in [0.1, 0.15) is 15.9 Å². The smallest absolute Gasteiger partial charge is 0.259 e. The van der Waals surface area contributed by atoms with Gasteiger partial charge in [0.15, 0.2) is 0 Å². The maximum absolute atomic E-state index is 13.0. The highest BCUT2D eigenvalue weighted by atomic mass is 32.2. The Hall–Kier alpha value is -2.95. The standard InChI is InChI=1S/C21H25N3O6S/c1-22-20(25)13-15-5-3-4-6-18(15)23-21(26)17-14-16(7-8-19(17)29-2)31(27,28)24-9-11-30-12-10-24/h3-8,14H,9-13H2,1-2H3,(H,22,25)(H,23,26). The maximum Gasteiger partial charge on any atom is 0.259 e. The molecule has 31 heavy (non-hydrogen) atoms. The molecule has 9 nitrogen and oxygen atoms in total. The van der Waals surface area contributed by atoms with Crippen LogP contribution in [0.2, 0.25) is 0 Å². The first-order chi connectivity index (χ1) is 14.9. The molecule has 2 N–H and O–H groups in total. The van der Waals surface area contributed by atoms with Crippen LogP contribution in [0.25, 0.3) is 0 Å². The van der Waals surface area contributed by atoms with Crippen LogP contribution in [-0.4, -0.2) is 65.0 Å². The molecule has 0 radical (unpaired) electrons. The number of methoxy groups -OCH3 is 1. The molecule has 1 aliphatic rings. The molecule has 2 aromatic carbocycles. The van der Waals surface area contributed by atoms with E-state index in [1.54, 1.807) is 24.3 Å². The number of carbonyl (C=O) groups excluding carboxylic acids is 2. The number of morpholine rings is 1. The quantitative estimate of drug-likeness (QED) is 0.661. The number of amides is 2. The molecule has 0 unspecified atom stereocenters. The van der Waals surface area contributed by atoms with Crippen molar-refractivity contribution < 1.29 is 27.5 Å². The Labute approximate surface area is 181 Å². The molecule has 1 fully saturated rings. The summed E-state index contributed by atoms with van der Waals surface area (Å²) in [6, 6.07) is 11.1. The van der Waals surface area contributed by atoms with Gasteiger partial charge in [0.2, 0.25) is 15.9 Å². The summed E-state index contributed by atoms with van der Waals surface area (Å²) in [5.74, 6) is -0.500. The van der Waals surface area contributed by atoms with Gasteiger partial charge in [0.25, 0.3) is 5.91 Å². The van der Waals surface area contributed by atoms with Crippen LogP contribution in [0.15, 0.2) is 47.4 Å². The fourth-order valence-electron chi connectivity index (χ4n) is 3.21. The van der Waals surface area contributed by atoms with E-state index in [1.807, 2.05) is 0 Å². The Morgan fingerprint density at radius 1 is 1.13 bits per heavy atom. The number of carbonyl (C=O) groups is 2. The lowest BCUT2D eigenvalue weighted by Gasteiger charge is -2.26. The summed E-state index contributed by atoms with van der Waals surface area (Å²) in [7, 11) is -0.837. The van der Waals surface area contributed by atoms with Crippen molar-refractivity contribution in [2.24, 2.45) is 0 Å². The Morgan fingerprint density at radius 3 is 2.52 bits per heavy atom. The van der Waals surface area contributed by atoms with Gasteiger partial charge in [0.1, 0.15) is 5.75 Å². The van der Waals surface area contributed by atoms with Gasteiger partial charge in [-0.25, -0.2) is 8.42 Å². The molecule has 0 saturated carbocycles. The number of ether oxygens (including phenoxy) is 2. The van der Waals surface area contributed by atoms with Crippen molar-refractivity contribution in [3.05, 3.63) is 53.6 Å². The molecular weight excluding hydrogens is 422 g/mol. The van der Waals surface area contributed by atoms with E-state index >= 15 is 0 Å². The van der Waals surface area contributed by atoms with E-state index in [-0.39, 0.29) is 41.6 Å². The molecule has 0 aromatic heterocycles. The summed E-state index contributed by atoms with van der Waals surface area (Å²) in [6.45, 7) is 1.15. The van der Waals surface area contributed by atoms with Crippen LogP contribution in [0.3, 0.4) is 0 Å². The van der Waals surface area contributed by atoms with Crippen LogP contribution < -0.4 is 15.4 Å². The lowest BCUT2D eigenvalue weighted by molar-refractivity contribution is -0.119. The lowest BCUT2D eigenvalue weighted by Crippen LogP contribution is -2.40. The van der Waals surface area contributed by atoms with Crippen molar-refractivity contribution in [1.82, 2.24) is 9.62 Å².